The number of hydrogen-bond acceptors (Lipinski definition) is 1. The largest absolute Gasteiger partial charge is 0.299 e. The molecule has 0 spiro atoms. The second-order valence-electron chi connectivity index (χ2n) is 8.54. The molecule has 6 atom stereocenters. The molecule has 0 radical (unpaired) electrons. The number of allylic oxidation sites excluding steroid dienone is 2. The summed E-state index contributed by atoms with van der Waals surface area (Å²) in [6, 6.07) is 0. The highest BCUT2D eigenvalue weighted by Crippen LogP contribution is 2.63. The Morgan fingerprint density at radius 1 is 1.10 bits per heavy atom. The standard InChI is InChI=1S/C19H28O/c1-18-9-5-7-14(18)17-15(8-11-18)19(2)10-4-3-6-13(19)12-16(17)20/h5,9,13-15,17H,3-4,6-8,10-12H2,1-2H3/t13-,14+,15+,17+,18+,19+/m1/s1. The third kappa shape index (κ3) is 1.58. The van der Waals surface area contributed by atoms with E-state index in [2.05, 4.69) is 26.0 Å². The van der Waals surface area contributed by atoms with Crippen molar-refractivity contribution in [2.45, 2.75) is 65.2 Å². The molecule has 0 heterocycles. The summed E-state index contributed by atoms with van der Waals surface area (Å²) >= 11 is 0. The van der Waals surface area contributed by atoms with Gasteiger partial charge in [0.25, 0.3) is 0 Å². The zero-order valence-electron chi connectivity index (χ0n) is 13.0. The van der Waals surface area contributed by atoms with Gasteiger partial charge in [-0.1, -0.05) is 38.8 Å². The van der Waals surface area contributed by atoms with Crippen LogP contribution in [0.2, 0.25) is 0 Å². The second-order valence-corrected chi connectivity index (χ2v) is 8.54. The maximum Gasteiger partial charge on any atom is 0.136 e. The Hall–Kier alpha value is -0.590. The number of carbonyl (C=O) groups is 1. The molecule has 1 heteroatoms. The van der Waals surface area contributed by atoms with Crippen LogP contribution in [-0.2, 0) is 4.79 Å². The van der Waals surface area contributed by atoms with Crippen molar-refractivity contribution in [3.63, 3.8) is 0 Å². The summed E-state index contributed by atoms with van der Waals surface area (Å²) in [4.78, 5) is 12.9. The van der Waals surface area contributed by atoms with E-state index in [1.807, 2.05) is 0 Å². The Bertz CT molecular complexity index is 464. The molecule has 4 aliphatic carbocycles. The van der Waals surface area contributed by atoms with E-state index in [0.29, 0.717) is 40.3 Å². The number of carbonyl (C=O) groups excluding carboxylic acids is 1. The van der Waals surface area contributed by atoms with Crippen LogP contribution in [0.15, 0.2) is 12.2 Å². The van der Waals surface area contributed by atoms with Crippen LogP contribution in [0.3, 0.4) is 0 Å². The van der Waals surface area contributed by atoms with E-state index in [1.54, 1.807) is 0 Å². The Kier molecular flexibility index (Phi) is 2.76. The molecule has 0 unspecified atom stereocenters. The Morgan fingerprint density at radius 3 is 2.80 bits per heavy atom. The summed E-state index contributed by atoms with van der Waals surface area (Å²) in [5.41, 5.74) is 0.801. The van der Waals surface area contributed by atoms with Crippen LogP contribution in [-0.4, -0.2) is 5.78 Å². The molecule has 20 heavy (non-hydrogen) atoms. The molecule has 0 aromatic rings. The van der Waals surface area contributed by atoms with E-state index in [-0.39, 0.29) is 0 Å². The highest BCUT2D eigenvalue weighted by Gasteiger charge is 2.59. The van der Waals surface area contributed by atoms with Crippen LogP contribution in [0.5, 0.6) is 0 Å². The number of ketones is 1. The highest BCUT2D eigenvalue weighted by molar-refractivity contribution is 5.83. The van der Waals surface area contributed by atoms with Crippen LogP contribution in [0.1, 0.15) is 65.2 Å². The first kappa shape index (κ1) is 13.1. The van der Waals surface area contributed by atoms with Gasteiger partial charge in [0, 0.05) is 12.3 Å². The third-order valence-electron chi connectivity index (χ3n) is 7.71. The van der Waals surface area contributed by atoms with E-state index in [1.165, 1.54) is 38.5 Å². The van der Waals surface area contributed by atoms with Crippen LogP contribution in [0, 0.1) is 34.5 Å². The lowest BCUT2D eigenvalue weighted by atomic mass is 9.45. The van der Waals surface area contributed by atoms with Crippen molar-refractivity contribution in [2.75, 3.05) is 0 Å². The van der Waals surface area contributed by atoms with Gasteiger partial charge in [-0.3, -0.25) is 4.79 Å². The predicted molar refractivity (Wildman–Crippen MR) is 81.3 cm³/mol. The van der Waals surface area contributed by atoms with Gasteiger partial charge in [0.1, 0.15) is 5.78 Å². The summed E-state index contributed by atoms with van der Waals surface area (Å²) in [7, 11) is 0. The normalized spacial score (nSPS) is 54.2. The average Bonchev–Trinajstić information content (AvgIpc) is 2.81. The topological polar surface area (TPSA) is 17.1 Å². The van der Waals surface area contributed by atoms with E-state index >= 15 is 0 Å². The van der Waals surface area contributed by atoms with Gasteiger partial charge in [-0.15, -0.1) is 0 Å². The summed E-state index contributed by atoms with van der Waals surface area (Å²) < 4.78 is 0. The fourth-order valence-electron chi connectivity index (χ4n) is 6.45. The van der Waals surface area contributed by atoms with Gasteiger partial charge in [0.2, 0.25) is 0 Å². The molecule has 0 aromatic carbocycles. The molecule has 0 N–H and O–H groups in total. The number of hydrogen-bond donors (Lipinski definition) is 0. The summed E-state index contributed by atoms with van der Waals surface area (Å²) in [6.07, 6.45) is 14.9. The lowest BCUT2D eigenvalue weighted by Crippen LogP contribution is -2.55. The van der Waals surface area contributed by atoms with Crippen molar-refractivity contribution < 1.29 is 4.79 Å². The molecular weight excluding hydrogens is 244 g/mol. The van der Waals surface area contributed by atoms with Crippen molar-refractivity contribution in [1.29, 1.82) is 0 Å². The monoisotopic (exact) mass is 272 g/mol. The van der Waals surface area contributed by atoms with E-state index < -0.39 is 0 Å². The van der Waals surface area contributed by atoms with Crippen LogP contribution >= 0.6 is 0 Å². The number of fused-ring (bicyclic) bond motifs is 5. The van der Waals surface area contributed by atoms with E-state index in [4.69, 9.17) is 0 Å². The van der Waals surface area contributed by atoms with Crippen molar-refractivity contribution in [2.24, 2.45) is 34.5 Å². The Balaban J connectivity index is 1.71. The van der Waals surface area contributed by atoms with Gasteiger partial charge in [0.05, 0.1) is 0 Å². The van der Waals surface area contributed by atoms with Gasteiger partial charge in [-0.25, -0.2) is 0 Å². The Labute approximate surface area is 123 Å². The molecule has 3 fully saturated rings. The Morgan fingerprint density at radius 2 is 1.95 bits per heavy atom. The quantitative estimate of drug-likeness (QED) is 0.581. The lowest BCUT2D eigenvalue weighted by Gasteiger charge is -2.58. The molecule has 0 aromatic heterocycles. The van der Waals surface area contributed by atoms with E-state index in [9.17, 15) is 4.79 Å². The molecule has 4 rings (SSSR count). The highest BCUT2D eigenvalue weighted by atomic mass is 16.1. The predicted octanol–water partition coefficient (Wildman–Crippen LogP) is 4.76. The molecule has 0 bridgehead atoms. The maximum atomic E-state index is 12.9. The minimum atomic E-state index is 0.328. The first-order valence-corrected chi connectivity index (χ1v) is 8.75. The van der Waals surface area contributed by atoms with Crippen LogP contribution < -0.4 is 0 Å². The molecule has 110 valence electrons. The zero-order valence-corrected chi connectivity index (χ0v) is 13.0. The fraction of sp³-hybridized carbons (Fsp3) is 0.842. The minimum absolute atomic E-state index is 0.328. The van der Waals surface area contributed by atoms with Crippen LogP contribution in [0.25, 0.3) is 0 Å². The molecule has 0 aliphatic heterocycles. The van der Waals surface area contributed by atoms with Gasteiger partial charge >= 0.3 is 0 Å². The average molecular weight is 272 g/mol. The third-order valence-corrected chi connectivity index (χ3v) is 7.71. The van der Waals surface area contributed by atoms with Gasteiger partial charge in [-0.2, -0.15) is 0 Å². The van der Waals surface area contributed by atoms with E-state index in [0.717, 1.165) is 12.8 Å². The van der Waals surface area contributed by atoms with Crippen molar-refractivity contribution in [3.8, 4) is 0 Å². The van der Waals surface area contributed by atoms with Crippen molar-refractivity contribution >= 4 is 5.78 Å². The molecule has 4 aliphatic rings. The first-order chi connectivity index (χ1) is 9.55. The lowest BCUT2D eigenvalue weighted by molar-refractivity contribution is -0.152. The summed E-state index contributed by atoms with van der Waals surface area (Å²) in [5.74, 6) is 3.01. The molecule has 3 saturated carbocycles. The van der Waals surface area contributed by atoms with Crippen molar-refractivity contribution in [1.82, 2.24) is 0 Å². The first-order valence-electron chi connectivity index (χ1n) is 8.75. The molecular formula is C19H28O. The molecule has 0 saturated heterocycles. The van der Waals surface area contributed by atoms with Crippen LogP contribution in [0.4, 0.5) is 0 Å². The summed E-state index contributed by atoms with van der Waals surface area (Å²) in [5, 5.41) is 0. The molecule has 0 amide bonds. The van der Waals surface area contributed by atoms with Gasteiger partial charge in [0.15, 0.2) is 0 Å². The zero-order chi connectivity index (χ0) is 14.0. The minimum Gasteiger partial charge on any atom is -0.299 e. The van der Waals surface area contributed by atoms with Gasteiger partial charge < -0.3 is 0 Å². The number of rotatable bonds is 0. The second kappa shape index (κ2) is 4.21. The van der Waals surface area contributed by atoms with Crippen molar-refractivity contribution in [3.05, 3.63) is 12.2 Å². The SMILES string of the molecule is C[C@]12CCCC[C@@H]1CC(=O)[C@@H]1[C@@H]2CC[C@]2(C)C=CC[C@@H]12. The number of Topliss-reactive ketones (excluding diaryl/α,β-unsaturated/α-hetero) is 1. The summed E-state index contributed by atoms with van der Waals surface area (Å²) in [6.45, 7) is 4.94. The molecule has 1 nitrogen and oxygen atoms in total. The van der Waals surface area contributed by atoms with Gasteiger partial charge in [-0.05, 0) is 60.7 Å². The fourth-order valence-corrected chi connectivity index (χ4v) is 6.45. The maximum absolute atomic E-state index is 12.9. The smallest absolute Gasteiger partial charge is 0.136 e.